The molecule has 0 bridgehead atoms. The van der Waals surface area contributed by atoms with Gasteiger partial charge in [0.15, 0.2) is 5.78 Å². The fourth-order valence-electron chi connectivity index (χ4n) is 1.07. The molecule has 13 heavy (non-hydrogen) atoms. The van der Waals surface area contributed by atoms with Gasteiger partial charge >= 0.3 is 0 Å². The first-order valence-corrected chi connectivity index (χ1v) is 4.20. The molecule has 1 heterocycles. The quantitative estimate of drug-likeness (QED) is 0.699. The van der Waals surface area contributed by atoms with E-state index in [-0.39, 0.29) is 5.78 Å². The third-order valence-corrected chi connectivity index (χ3v) is 1.62. The number of hydrogen-bond acceptors (Lipinski definition) is 3. The fraction of sp³-hybridized carbons (Fsp3) is 0.556. The summed E-state index contributed by atoms with van der Waals surface area (Å²) in [6, 6.07) is 1.70. The minimum absolute atomic E-state index is 0.00639. The molecule has 0 aliphatic carbocycles. The van der Waals surface area contributed by atoms with Crippen LogP contribution >= 0.6 is 0 Å². The normalized spacial score (nSPS) is 11.7. The van der Waals surface area contributed by atoms with Crippen LogP contribution in [0.1, 0.15) is 30.8 Å². The maximum atomic E-state index is 11.5. The molecule has 4 nitrogen and oxygen atoms in total. The van der Waals surface area contributed by atoms with Crippen LogP contribution in [0.2, 0.25) is 0 Å². The van der Waals surface area contributed by atoms with E-state index >= 15 is 0 Å². The lowest BCUT2D eigenvalue weighted by atomic mass is 9.98. The van der Waals surface area contributed by atoms with Gasteiger partial charge < -0.3 is 5.73 Å². The summed E-state index contributed by atoms with van der Waals surface area (Å²) in [4.78, 5) is 11.5. The Morgan fingerprint density at radius 2 is 2.31 bits per heavy atom. The number of aryl methyl sites for hydroxylation is 1. The van der Waals surface area contributed by atoms with Crippen molar-refractivity contribution in [3.8, 4) is 0 Å². The molecule has 72 valence electrons. The summed E-state index contributed by atoms with van der Waals surface area (Å²) in [5.41, 5.74) is 5.75. The van der Waals surface area contributed by atoms with Crippen molar-refractivity contribution in [1.29, 1.82) is 0 Å². The lowest BCUT2D eigenvalue weighted by molar-refractivity contribution is 0.0954. The van der Waals surface area contributed by atoms with E-state index in [1.807, 2.05) is 13.8 Å². The molecule has 0 saturated carbocycles. The van der Waals surface area contributed by atoms with Crippen molar-refractivity contribution >= 4 is 5.78 Å². The van der Waals surface area contributed by atoms with Gasteiger partial charge in [0, 0.05) is 25.2 Å². The summed E-state index contributed by atoms with van der Waals surface area (Å²) in [6.07, 6.45) is 2.07. The number of nitrogens with zero attached hydrogens (tertiary/aromatic N) is 2. The molecule has 0 aromatic carbocycles. The van der Waals surface area contributed by atoms with Crippen LogP contribution in [0.4, 0.5) is 0 Å². The summed E-state index contributed by atoms with van der Waals surface area (Å²) in [6.45, 7) is 3.65. The van der Waals surface area contributed by atoms with E-state index < -0.39 is 5.54 Å². The second-order valence-corrected chi connectivity index (χ2v) is 3.96. The molecular weight excluding hydrogens is 166 g/mol. The van der Waals surface area contributed by atoms with Gasteiger partial charge in [0.1, 0.15) is 5.69 Å². The highest BCUT2D eigenvalue weighted by Gasteiger charge is 2.18. The van der Waals surface area contributed by atoms with E-state index in [4.69, 9.17) is 5.73 Å². The molecule has 0 unspecified atom stereocenters. The van der Waals surface area contributed by atoms with Gasteiger partial charge in [0.2, 0.25) is 0 Å². The molecule has 0 amide bonds. The molecule has 4 heteroatoms. The van der Waals surface area contributed by atoms with Crippen molar-refractivity contribution in [2.24, 2.45) is 12.8 Å². The van der Waals surface area contributed by atoms with Crippen LogP contribution in [0.5, 0.6) is 0 Å². The zero-order valence-corrected chi connectivity index (χ0v) is 8.24. The van der Waals surface area contributed by atoms with E-state index in [9.17, 15) is 4.79 Å². The van der Waals surface area contributed by atoms with Gasteiger partial charge in [-0.15, -0.1) is 0 Å². The first-order valence-electron chi connectivity index (χ1n) is 4.20. The Labute approximate surface area is 77.7 Å². The summed E-state index contributed by atoms with van der Waals surface area (Å²) in [5.74, 6) is -0.00639. The van der Waals surface area contributed by atoms with Crippen LogP contribution < -0.4 is 5.73 Å². The molecular formula is C9H15N3O. The molecule has 1 rings (SSSR count). The average molecular weight is 181 g/mol. The van der Waals surface area contributed by atoms with E-state index in [2.05, 4.69) is 5.10 Å². The van der Waals surface area contributed by atoms with Crippen LogP contribution in [0.25, 0.3) is 0 Å². The Balaban J connectivity index is 2.70. The van der Waals surface area contributed by atoms with Gasteiger partial charge in [-0.3, -0.25) is 9.48 Å². The Morgan fingerprint density at radius 3 is 2.69 bits per heavy atom. The van der Waals surface area contributed by atoms with Crippen LogP contribution in [-0.2, 0) is 7.05 Å². The summed E-state index contributed by atoms with van der Waals surface area (Å²) in [5, 5.41) is 4.01. The molecule has 0 fully saturated rings. The van der Waals surface area contributed by atoms with Gasteiger partial charge in [0.05, 0.1) is 0 Å². The zero-order chi connectivity index (χ0) is 10.1. The van der Waals surface area contributed by atoms with Crippen LogP contribution in [-0.4, -0.2) is 21.1 Å². The maximum Gasteiger partial charge on any atom is 0.184 e. The summed E-state index contributed by atoms with van der Waals surface area (Å²) >= 11 is 0. The van der Waals surface area contributed by atoms with Crippen molar-refractivity contribution < 1.29 is 4.79 Å². The maximum absolute atomic E-state index is 11.5. The van der Waals surface area contributed by atoms with Gasteiger partial charge in [-0.05, 0) is 19.9 Å². The zero-order valence-electron chi connectivity index (χ0n) is 8.24. The number of carbonyl (C=O) groups is 1. The van der Waals surface area contributed by atoms with Crippen molar-refractivity contribution in [1.82, 2.24) is 9.78 Å². The number of ketones is 1. The van der Waals surface area contributed by atoms with E-state index in [1.165, 1.54) is 0 Å². The van der Waals surface area contributed by atoms with Gasteiger partial charge in [0.25, 0.3) is 0 Å². The first kappa shape index (κ1) is 9.92. The molecule has 0 aliphatic rings. The van der Waals surface area contributed by atoms with Crippen LogP contribution in [0, 0.1) is 0 Å². The standard InChI is InChI=1S/C9H15N3O/c1-9(2,10)6-8(13)7-4-5-12(3)11-7/h4-5H,6,10H2,1-3H3. The minimum Gasteiger partial charge on any atom is -0.325 e. The average Bonchev–Trinajstić information content (AvgIpc) is 2.31. The molecule has 1 aromatic rings. The number of carbonyl (C=O) groups excluding carboxylic acids is 1. The molecule has 0 spiro atoms. The van der Waals surface area contributed by atoms with Crippen molar-refractivity contribution in [2.75, 3.05) is 0 Å². The molecule has 1 aromatic heterocycles. The first-order chi connectivity index (χ1) is 5.88. The predicted molar refractivity (Wildman–Crippen MR) is 50.4 cm³/mol. The Morgan fingerprint density at radius 1 is 1.69 bits per heavy atom. The number of Topliss-reactive ketones (excluding diaryl/α,β-unsaturated/α-hetero) is 1. The third-order valence-electron chi connectivity index (χ3n) is 1.62. The summed E-state index contributed by atoms with van der Waals surface area (Å²) in [7, 11) is 1.78. The molecule has 2 N–H and O–H groups in total. The molecule has 0 saturated heterocycles. The van der Waals surface area contributed by atoms with Crippen molar-refractivity contribution in [2.45, 2.75) is 25.8 Å². The fourth-order valence-corrected chi connectivity index (χ4v) is 1.07. The number of rotatable bonds is 3. The Kier molecular flexibility index (Phi) is 2.52. The molecule has 0 atom stereocenters. The van der Waals surface area contributed by atoms with Crippen LogP contribution in [0.15, 0.2) is 12.3 Å². The SMILES string of the molecule is Cn1ccc(C(=O)CC(C)(C)N)n1. The highest BCUT2D eigenvalue weighted by Crippen LogP contribution is 2.09. The third kappa shape index (κ3) is 2.99. The van der Waals surface area contributed by atoms with Gasteiger partial charge in [-0.25, -0.2) is 0 Å². The predicted octanol–water partition coefficient (Wildman–Crippen LogP) is 0.730. The second-order valence-electron chi connectivity index (χ2n) is 3.96. The Hall–Kier alpha value is -1.16. The summed E-state index contributed by atoms with van der Waals surface area (Å²) < 4.78 is 1.61. The highest BCUT2D eigenvalue weighted by molar-refractivity contribution is 5.94. The largest absolute Gasteiger partial charge is 0.325 e. The lowest BCUT2D eigenvalue weighted by Gasteiger charge is -2.15. The molecule has 0 radical (unpaired) electrons. The van der Waals surface area contributed by atoms with E-state index in [0.29, 0.717) is 12.1 Å². The second kappa shape index (κ2) is 3.30. The smallest absolute Gasteiger partial charge is 0.184 e. The van der Waals surface area contributed by atoms with E-state index in [0.717, 1.165) is 0 Å². The van der Waals surface area contributed by atoms with Gasteiger partial charge in [-0.2, -0.15) is 5.10 Å². The van der Waals surface area contributed by atoms with Crippen LogP contribution in [0.3, 0.4) is 0 Å². The Bertz CT molecular complexity index is 309. The topological polar surface area (TPSA) is 60.9 Å². The molecule has 0 aliphatic heterocycles. The van der Waals surface area contributed by atoms with E-state index in [1.54, 1.807) is 24.0 Å². The van der Waals surface area contributed by atoms with Crippen molar-refractivity contribution in [3.63, 3.8) is 0 Å². The lowest BCUT2D eigenvalue weighted by Crippen LogP contribution is -2.34. The highest BCUT2D eigenvalue weighted by atomic mass is 16.1. The van der Waals surface area contributed by atoms with Gasteiger partial charge in [-0.1, -0.05) is 0 Å². The number of hydrogen-bond donors (Lipinski definition) is 1. The number of nitrogens with two attached hydrogens (primary N) is 1. The monoisotopic (exact) mass is 181 g/mol. The van der Waals surface area contributed by atoms with Crippen molar-refractivity contribution in [3.05, 3.63) is 18.0 Å². The minimum atomic E-state index is -0.464. The number of aromatic nitrogens is 2.